The molecule has 1 rings (SSSR count). The first kappa shape index (κ1) is 16.0. The van der Waals surface area contributed by atoms with Crippen LogP contribution in [-0.4, -0.2) is 27.0 Å². The molecule has 0 aliphatic carbocycles. The average Bonchev–Trinajstić information content (AvgIpc) is 2.37. The largest absolute Gasteiger partial charge is 0.508 e. The zero-order chi connectivity index (χ0) is 14.5. The number of aliphatic hydroxyl groups excluding tert-OH is 2. The summed E-state index contributed by atoms with van der Waals surface area (Å²) in [6.07, 6.45) is 2.13. The molecule has 0 spiro atoms. The molecular weight excluding hydrogens is 244 g/mol. The summed E-state index contributed by atoms with van der Waals surface area (Å²) >= 11 is 0. The third-order valence-corrected chi connectivity index (χ3v) is 3.50. The molecule has 2 atom stereocenters. The molecule has 4 N–H and O–H groups in total. The van der Waals surface area contributed by atoms with Crippen LogP contribution in [0.1, 0.15) is 44.2 Å². The lowest BCUT2D eigenvalue weighted by Crippen LogP contribution is -2.21. The summed E-state index contributed by atoms with van der Waals surface area (Å²) in [6.45, 7) is 3.65. The van der Waals surface area contributed by atoms with Crippen molar-refractivity contribution in [3.63, 3.8) is 0 Å². The summed E-state index contributed by atoms with van der Waals surface area (Å²) in [5.74, 6) is 0.230. The average molecular weight is 268 g/mol. The Hall–Kier alpha value is -1.10. The summed E-state index contributed by atoms with van der Waals surface area (Å²) in [4.78, 5) is 0. The highest BCUT2D eigenvalue weighted by molar-refractivity contribution is 5.39. The molecule has 4 heteroatoms. The number of aromatic hydroxyl groups is 1. The van der Waals surface area contributed by atoms with E-state index in [0.717, 1.165) is 12.8 Å². The second-order valence-corrected chi connectivity index (χ2v) is 5.46. The maximum atomic E-state index is 10.4. The predicted octanol–water partition coefficient (Wildman–Crippen LogP) is 1.89. The number of phenolic OH excluding ortho intramolecular Hbond substituents is 1. The van der Waals surface area contributed by atoms with Crippen LogP contribution in [0.25, 0.3) is 0 Å². The van der Waals surface area contributed by atoms with E-state index in [0.29, 0.717) is 17.5 Å². The third kappa shape index (κ3) is 4.49. The van der Waals surface area contributed by atoms with Gasteiger partial charge in [0, 0.05) is 12.2 Å². The first-order valence-corrected chi connectivity index (χ1v) is 6.67. The molecule has 0 bridgehead atoms. The summed E-state index contributed by atoms with van der Waals surface area (Å²) in [5.41, 5.74) is -0.0138. The molecule has 0 radical (unpaired) electrons. The summed E-state index contributed by atoms with van der Waals surface area (Å²) in [5, 5.41) is 38.3. The first-order valence-electron chi connectivity index (χ1n) is 6.67. The van der Waals surface area contributed by atoms with Crippen LogP contribution in [0.3, 0.4) is 0 Å². The van der Waals surface area contributed by atoms with E-state index < -0.39 is 5.60 Å². The smallest absolute Gasteiger partial charge is 0.122 e. The van der Waals surface area contributed by atoms with Gasteiger partial charge in [-0.2, -0.15) is 0 Å². The molecule has 0 aliphatic rings. The predicted molar refractivity (Wildman–Crippen MR) is 73.7 cm³/mol. The van der Waals surface area contributed by atoms with Crippen LogP contribution in [0, 0.1) is 5.92 Å². The van der Waals surface area contributed by atoms with E-state index in [1.54, 1.807) is 19.1 Å². The number of rotatable bonds is 7. The molecule has 0 saturated carbocycles. The van der Waals surface area contributed by atoms with Gasteiger partial charge >= 0.3 is 0 Å². The maximum Gasteiger partial charge on any atom is 0.122 e. The third-order valence-electron chi connectivity index (χ3n) is 3.50. The quantitative estimate of drug-likeness (QED) is 0.609. The van der Waals surface area contributed by atoms with Gasteiger partial charge in [0.05, 0.1) is 12.2 Å². The topological polar surface area (TPSA) is 80.9 Å². The fourth-order valence-corrected chi connectivity index (χ4v) is 2.15. The van der Waals surface area contributed by atoms with Crippen molar-refractivity contribution < 1.29 is 20.4 Å². The maximum absolute atomic E-state index is 10.4. The van der Waals surface area contributed by atoms with E-state index in [9.17, 15) is 10.2 Å². The van der Waals surface area contributed by atoms with Crippen LogP contribution in [0.15, 0.2) is 18.2 Å². The summed E-state index contributed by atoms with van der Waals surface area (Å²) in [6, 6.07) is 4.82. The molecule has 0 heterocycles. The Morgan fingerprint density at radius 2 is 1.95 bits per heavy atom. The zero-order valence-corrected chi connectivity index (χ0v) is 11.6. The molecule has 0 aliphatic heterocycles. The van der Waals surface area contributed by atoms with Crippen molar-refractivity contribution in [1.29, 1.82) is 0 Å². The summed E-state index contributed by atoms with van der Waals surface area (Å²) < 4.78 is 0. The highest BCUT2D eigenvalue weighted by Gasteiger charge is 2.26. The van der Waals surface area contributed by atoms with Gasteiger partial charge in [0.2, 0.25) is 0 Å². The Balaban J connectivity index is 2.71. The van der Waals surface area contributed by atoms with E-state index in [1.165, 1.54) is 6.07 Å². The monoisotopic (exact) mass is 268 g/mol. The van der Waals surface area contributed by atoms with Gasteiger partial charge in [-0.25, -0.2) is 0 Å². The Labute approximate surface area is 114 Å². The van der Waals surface area contributed by atoms with Crippen molar-refractivity contribution in [2.45, 2.75) is 45.3 Å². The van der Waals surface area contributed by atoms with E-state index >= 15 is 0 Å². The van der Waals surface area contributed by atoms with Gasteiger partial charge in [-0.1, -0.05) is 19.1 Å². The minimum absolute atomic E-state index is 0.00626. The molecule has 0 fully saturated rings. The second kappa shape index (κ2) is 6.89. The van der Waals surface area contributed by atoms with E-state index in [2.05, 4.69) is 0 Å². The van der Waals surface area contributed by atoms with Crippen LogP contribution >= 0.6 is 0 Å². The van der Waals surface area contributed by atoms with Crippen LogP contribution in [0.4, 0.5) is 0 Å². The van der Waals surface area contributed by atoms with Gasteiger partial charge in [0.1, 0.15) is 5.75 Å². The van der Waals surface area contributed by atoms with E-state index in [4.69, 9.17) is 10.2 Å². The molecule has 108 valence electrons. The van der Waals surface area contributed by atoms with Gasteiger partial charge in [-0.3, -0.25) is 0 Å². The highest BCUT2D eigenvalue weighted by Crippen LogP contribution is 2.34. The van der Waals surface area contributed by atoms with Crippen LogP contribution in [0.5, 0.6) is 5.75 Å². The molecular formula is C15H24O4. The Morgan fingerprint density at radius 1 is 1.26 bits per heavy atom. The lowest BCUT2D eigenvalue weighted by atomic mass is 9.88. The SMILES string of the molecule is C[C@H](CO)CCC[C@](C)(O)c1ccc(CO)cc1O. The van der Waals surface area contributed by atoms with Gasteiger partial charge < -0.3 is 20.4 Å². The first-order chi connectivity index (χ1) is 8.90. The van der Waals surface area contributed by atoms with Crippen molar-refractivity contribution in [3.05, 3.63) is 29.3 Å². The van der Waals surface area contributed by atoms with Crippen LogP contribution in [0.2, 0.25) is 0 Å². The normalized spacial score (nSPS) is 16.1. The lowest BCUT2D eigenvalue weighted by Gasteiger charge is -2.25. The molecule has 0 aromatic heterocycles. The van der Waals surface area contributed by atoms with Gasteiger partial charge in [0.25, 0.3) is 0 Å². The Kier molecular flexibility index (Phi) is 5.79. The van der Waals surface area contributed by atoms with Crippen molar-refractivity contribution >= 4 is 0 Å². The van der Waals surface area contributed by atoms with Crippen molar-refractivity contribution in [3.8, 4) is 5.75 Å². The number of hydrogen-bond acceptors (Lipinski definition) is 4. The van der Waals surface area contributed by atoms with Crippen LogP contribution < -0.4 is 0 Å². The highest BCUT2D eigenvalue weighted by atomic mass is 16.3. The molecule has 4 nitrogen and oxygen atoms in total. The Bertz CT molecular complexity index is 401. The fraction of sp³-hybridized carbons (Fsp3) is 0.600. The Morgan fingerprint density at radius 3 is 2.47 bits per heavy atom. The molecule has 0 amide bonds. The number of phenols is 1. The van der Waals surface area contributed by atoms with Gasteiger partial charge in [-0.05, 0) is 43.7 Å². The standard InChI is InChI=1S/C15H24O4/c1-11(9-16)4-3-7-15(2,19)13-6-5-12(10-17)8-14(13)18/h5-6,8,11,16-19H,3-4,7,9-10H2,1-2H3/t11-,15-/m0/s1. The minimum atomic E-state index is -1.10. The summed E-state index contributed by atoms with van der Waals surface area (Å²) in [7, 11) is 0. The van der Waals surface area contributed by atoms with Crippen molar-refractivity contribution in [2.75, 3.05) is 6.61 Å². The van der Waals surface area contributed by atoms with E-state index in [1.807, 2.05) is 6.92 Å². The van der Waals surface area contributed by atoms with E-state index in [-0.39, 0.29) is 24.9 Å². The molecule has 0 saturated heterocycles. The molecule has 19 heavy (non-hydrogen) atoms. The lowest BCUT2D eigenvalue weighted by molar-refractivity contribution is 0.0406. The minimum Gasteiger partial charge on any atom is -0.508 e. The number of aliphatic hydroxyl groups is 3. The molecule has 1 aromatic rings. The van der Waals surface area contributed by atoms with Crippen molar-refractivity contribution in [2.24, 2.45) is 5.92 Å². The molecule has 0 unspecified atom stereocenters. The second-order valence-electron chi connectivity index (χ2n) is 5.46. The van der Waals surface area contributed by atoms with Gasteiger partial charge in [-0.15, -0.1) is 0 Å². The zero-order valence-electron chi connectivity index (χ0n) is 11.6. The van der Waals surface area contributed by atoms with Crippen molar-refractivity contribution in [1.82, 2.24) is 0 Å². The number of hydrogen-bond donors (Lipinski definition) is 4. The fourth-order valence-electron chi connectivity index (χ4n) is 2.15. The van der Waals surface area contributed by atoms with Gasteiger partial charge in [0.15, 0.2) is 0 Å². The molecule has 1 aromatic carbocycles. The van der Waals surface area contributed by atoms with Crippen LogP contribution in [-0.2, 0) is 12.2 Å². The number of benzene rings is 1.